The maximum Gasteiger partial charge on any atom is 0.311 e. The number of carboxylic acids is 1. The highest BCUT2D eigenvalue weighted by Gasteiger charge is 2.40. The van der Waals surface area contributed by atoms with Gasteiger partial charge in [0.05, 0.1) is 5.41 Å². The number of amides is 1. The lowest BCUT2D eigenvalue weighted by Gasteiger charge is -2.33. The Morgan fingerprint density at radius 1 is 1.29 bits per heavy atom. The van der Waals surface area contributed by atoms with Gasteiger partial charge in [-0.15, -0.1) is 0 Å². The van der Waals surface area contributed by atoms with Crippen LogP contribution in [0, 0.1) is 5.41 Å². The van der Waals surface area contributed by atoms with Crippen molar-refractivity contribution in [1.29, 1.82) is 0 Å². The number of carbonyl (C=O) groups is 2. The Balaban J connectivity index is 1.80. The summed E-state index contributed by atoms with van der Waals surface area (Å²) in [6.45, 7) is 1.03. The van der Waals surface area contributed by atoms with Gasteiger partial charge in [0.2, 0.25) is 5.91 Å². The largest absolute Gasteiger partial charge is 0.481 e. The standard InChI is InChI=1S/C15H20N2O4/c18-13(2-1-12-3-7-16-8-4-12)17-11-15(14(19)20)5-9-21-10-6-15/h3-4,7-8H,1-2,5-6,9-11H2,(H,17,18)(H,19,20). The van der Waals surface area contributed by atoms with E-state index in [4.69, 9.17) is 4.74 Å². The van der Waals surface area contributed by atoms with E-state index in [1.54, 1.807) is 12.4 Å². The molecule has 0 spiro atoms. The molecule has 2 N–H and O–H groups in total. The third kappa shape index (κ3) is 4.26. The van der Waals surface area contributed by atoms with E-state index in [1.807, 2.05) is 12.1 Å². The molecule has 0 unspecified atom stereocenters. The first-order valence-corrected chi connectivity index (χ1v) is 7.09. The van der Waals surface area contributed by atoms with Gasteiger partial charge in [-0.3, -0.25) is 14.6 Å². The maximum absolute atomic E-state index is 11.9. The predicted octanol–water partition coefficient (Wildman–Crippen LogP) is 1.01. The minimum atomic E-state index is -0.884. The third-order valence-corrected chi connectivity index (χ3v) is 3.92. The maximum atomic E-state index is 11.9. The van der Waals surface area contributed by atoms with E-state index in [9.17, 15) is 14.7 Å². The Labute approximate surface area is 123 Å². The van der Waals surface area contributed by atoms with E-state index < -0.39 is 11.4 Å². The van der Waals surface area contributed by atoms with Crippen LogP contribution in [0.15, 0.2) is 24.5 Å². The van der Waals surface area contributed by atoms with Crippen molar-refractivity contribution in [3.63, 3.8) is 0 Å². The lowest BCUT2D eigenvalue weighted by Crippen LogP contribution is -2.46. The van der Waals surface area contributed by atoms with E-state index in [0.29, 0.717) is 38.9 Å². The van der Waals surface area contributed by atoms with Gasteiger partial charge in [0.15, 0.2) is 0 Å². The molecule has 1 aromatic heterocycles. The molecule has 114 valence electrons. The number of aromatic nitrogens is 1. The van der Waals surface area contributed by atoms with Gasteiger partial charge in [0.1, 0.15) is 0 Å². The first-order chi connectivity index (χ1) is 10.1. The highest BCUT2D eigenvalue weighted by Crippen LogP contribution is 2.30. The van der Waals surface area contributed by atoms with Crippen molar-refractivity contribution >= 4 is 11.9 Å². The second-order valence-electron chi connectivity index (χ2n) is 5.33. The fourth-order valence-electron chi connectivity index (χ4n) is 2.39. The first-order valence-electron chi connectivity index (χ1n) is 7.09. The van der Waals surface area contributed by atoms with E-state index in [-0.39, 0.29) is 12.5 Å². The molecule has 0 bridgehead atoms. The van der Waals surface area contributed by atoms with Crippen LogP contribution in [-0.4, -0.2) is 41.7 Å². The van der Waals surface area contributed by atoms with E-state index in [0.717, 1.165) is 5.56 Å². The van der Waals surface area contributed by atoms with E-state index in [1.165, 1.54) is 0 Å². The van der Waals surface area contributed by atoms with Crippen molar-refractivity contribution < 1.29 is 19.4 Å². The molecule has 0 saturated carbocycles. The average Bonchev–Trinajstić information content (AvgIpc) is 2.52. The molecule has 21 heavy (non-hydrogen) atoms. The number of nitrogens with one attached hydrogen (secondary N) is 1. The normalized spacial score (nSPS) is 17.1. The topological polar surface area (TPSA) is 88.5 Å². The molecule has 0 radical (unpaired) electrons. The van der Waals surface area contributed by atoms with Gasteiger partial charge in [-0.2, -0.15) is 0 Å². The van der Waals surface area contributed by atoms with Gasteiger partial charge >= 0.3 is 5.97 Å². The van der Waals surface area contributed by atoms with Crippen molar-refractivity contribution in [2.75, 3.05) is 19.8 Å². The molecule has 1 aliphatic rings. The number of carbonyl (C=O) groups excluding carboxylic acids is 1. The molecule has 6 heteroatoms. The lowest BCUT2D eigenvalue weighted by atomic mass is 9.80. The van der Waals surface area contributed by atoms with E-state index in [2.05, 4.69) is 10.3 Å². The summed E-state index contributed by atoms with van der Waals surface area (Å²) in [4.78, 5) is 27.2. The number of hydrogen-bond acceptors (Lipinski definition) is 4. The molecule has 0 atom stereocenters. The zero-order chi connectivity index (χ0) is 15.1. The van der Waals surface area contributed by atoms with Crippen LogP contribution in [0.1, 0.15) is 24.8 Å². The van der Waals surface area contributed by atoms with Crippen LogP contribution in [0.5, 0.6) is 0 Å². The minimum Gasteiger partial charge on any atom is -0.481 e. The SMILES string of the molecule is O=C(CCc1ccncc1)NCC1(C(=O)O)CCOCC1. The second kappa shape index (κ2) is 7.17. The summed E-state index contributed by atoms with van der Waals surface area (Å²) in [5.74, 6) is -0.987. The average molecular weight is 292 g/mol. The monoisotopic (exact) mass is 292 g/mol. The van der Waals surface area contributed by atoms with Crippen molar-refractivity contribution in [2.24, 2.45) is 5.41 Å². The van der Waals surface area contributed by atoms with E-state index >= 15 is 0 Å². The third-order valence-electron chi connectivity index (χ3n) is 3.92. The number of pyridine rings is 1. The lowest BCUT2D eigenvalue weighted by molar-refractivity contribution is -0.154. The second-order valence-corrected chi connectivity index (χ2v) is 5.33. The van der Waals surface area contributed by atoms with Crippen LogP contribution < -0.4 is 5.32 Å². The van der Waals surface area contributed by atoms with Crippen LogP contribution in [-0.2, 0) is 20.7 Å². The zero-order valence-electron chi connectivity index (χ0n) is 11.9. The van der Waals surface area contributed by atoms with Crippen molar-refractivity contribution in [3.05, 3.63) is 30.1 Å². The van der Waals surface area contributed by atoms with Crippen LogP contribution in [0.2, 0.25) is 0 Å². The smallest absolute Gasteiger partial charge is 0.311 e. The number of rotatable bonds is 6. The molecule has 2 rings (SSSR count). The van der Waals surface area contributed by atoms with Crippen molar-refractivity contribution in [3.8, 4) is 0 Å². The first kappa shape index (κ1) is 15.4. The van der Waals surface area contributed by atoms with Crippen LogP contribution in [0.4, 0.5) is 0 Å². The molecule has 6 nitrogen and oxygen atoms in total. The number of nitrogens with zero attached hydrogens (tertiary/aromatic N) is 1. The summed E-state index contributed by atoms with van der Waals surface area (Å²) in [6.07, 6.45) is 5.22. The molecule has 1 aromatic rings. The van der Waals surface area contributed by atoms with Gasteiger partial charge in [0, 0.05) is 38.6 Å². The summed E-state index contributed by atoms with van der Waals surface area (Å²) in [6, 6.07) is 3.73. The molecule has 1 saturated heterocycles. The fourth-order valence-corrected chi connectivity index (χ4v) is 2.39. The minimum absolute atomic E-state index is 0.126. The highest BCUT2D eigenvalue weighted by molar-refractivity contribution is 5.79. The number of aliphatic carboxylic acids is 1. The Morgan fingerprint density at radius 2 is 1.95 bits per heavy atom. The Kier molecular flexibility index (Phi) is 5.27. The van der Waals surface area contributed by atoms with Gasteiger partial charge in [0.25, 0.3) is 0 Å². The quantitative estimate of drug-likeness (QED) is 0.817. The molecule has 1 fully saturated rings. The predicted molar refractivity (Wildman–Crippen MR) is 75.7 cm³/mol. The van der Waals surface area contributed by atoms with Crippen LogP contribution >= 0.6 is 0 Å². The number of carboxylic acid groups (broad SMARTS) is 1. The summed E-state index contributed by atoms with van der Waals surface area (Å²) in [7, 11) is 0. The highest BCUT2D eigenvalue weighted by atomic mass is 16.5. The Morgan fingerprint density at radius 3 is 2.57 bits per heavy atom. The molecular weight excluding hydrogens is 272 g/mol. The van der Waals surface area contributed by atoms with Gasteiger partial charge < -0.3 is 15.2 Å². The summed E-state index contributed by atoms with van der Waals surface area (Å²) < 4.78 is 5.21. The Hall–Kier alpha value is -1.95. The number of aryl methyl sites for hydroxylation is 1. The molecule has 0 aliphatic carbocycles. The summed E-state index contributed by atoms with van der Waals surface area (Å²) in [5.41, 5.74) is 0.157. The van der Waals surface area contributed by atoms with Gasteiger partial charge in [-0.1, -0.05) is 0 Å². The molecular formula is C15H20N2O4. The molecule has 1 aliphatic heterocycles. The van der Waals surface area contributed by atoms with Crippen LogP contribution in [0.3, 0.4) is 0 Å². The summed E-state index contributed by atoms with van der Waals surface area (Å²) in [5, 5.41) is 12.1. The van der Waals surface area contributed by atoms with Gasteiger partial charge in [-0.25, -0.2) is 0 Å². The molecule has 1 amide bonds. The Bertz CT molecular complexity index is 484. The molecule has 2 heterocycles. The van der Waals surface area contributed by atoms with Crippen molar-refractivity contribution in [2.45, 2.75) is 25.7 Å². The van der Waals surface area contributed by atoms with Gasteiger partial charge in [-0.05, 0) is 37.0 Å². The van der Waals surface area contributed by atoms with Crippen LogP contribution in [0.25, 0.3) is 0 Å². The zero-order valence-corrected chi connectivity index (χ0v) is 11.9. The fraction of sp³-hybridized carbons (Fsp3) is 0.533. The number of hydrogen-bond donors (Lipinski definition) is 2. The summed E-state index contributed by atoms with van der Waals surface area (Å²) >= 11 is 0. The number of ether oxygens (including phenoxy) is 1. The molecule has 0 aromatic carbocycles. The van der Waals surface area contributed by atoms with Crippen molar-refractivity contribution in [1.82, 2.24) is 10.3 Å².